The summed E-state index contributed by atoms with van der Waals surface area (Å²) in [6.45, 7) is 4.21. The van der Waals surface area contributed by atoms with Gasteiger partial charge in [0, 0.05) is 18.7 Å². The highest BCUT2D eigenvalue weighted by Gasteiger charge is 2.28. The first-order valence-corrected chi connectivity index (χ1v) is 8.00. The van der Waals surface area contributed by atoms with Crippen LogP contribution in [0.3, 0.4) is 0 Å². The van der Waals surface area contributed by atoms with Crippen LogP contribution in [-0.4, -0.2) is 34.4 Å². The normalized spacial score (nSPS) is 24.1. The van der Waals surface area contributed by atoms with Crippen LogP contribution in [0.25, 0.3) is 10.6 Å². The lowest BCUT2D eigenvalue weighted by molar-refractivity contribution is 0.0457. The van der Waals surface area contributed by atoms with Gasteiger partial charge in [0.25, 0.3) is 0 Å². The topological polar surface area (TPSA) is 49.5 Å². The first kappa shape index (κ1) is 13.8. The van der Waals surface area contributed by atoms with Crippen LogP contribution < -0.4 is 0 Å². The number of piperidine rings is 1. The van der Waals surface area contributed by atoms with Crippen molar-refractivity contribution in [3.8, 4) is 10.6 Å². The van der Waals surface area contributed by atoms with Gasteiger partial charge in [-0.15, -0.1) is 11.3 Å². The summed E-state index contributed by atoms with van der Waals surface area (Å²) in [5.74, 6) is 1.37. The van der Waals surface area contributed by atoms with Gasteiger partial charge in [-0.05, 0) is 36.8 Å². The minimum atomic E-state index is 0.219. The molecule has 3 rings (SSSR count). The van der Waals surface area contributed by atoms with Gasteiger partial charge in [-0.2, -0.15) is 0 Å². The number of aliphatic hydroxyl groups is 1. The highest BCUT2D eigenvalue weighted by Crippen LogP contribution is 2.28. The van der Waals surface area contributed by atoms with Gasteiger partial charge in [0.05, 0.1) is 17.2 Å². The second kappa shape index (κ2) is 6.08. The van der Waals surface area contributed by atoms with E-state index >= 15 is 0 Å². The monoisotopic (exact) mass is 292 g/mol. The van der Waals surface area contributed by atoms with E-state index in [-0.39, 0.29) is 12.6 Å². The molecule has 2 aromatic rings. The van der Waals surface area contributed by atoms with Crippen molar-refractivity contribution in [2.75, 3.05) is 13.2 Å². The van der Waals surface area contributed by atoms with E-state index < -0.39 is 0 Å². The van der Waals surface area contributed by atoms with E-state index in [2.05, 4.69) is 17.0 Å². The fraction of sp³-hybridized carbons (Fsp3) is 0.533. The zero-order valence-corrected chi connectivity index (χ0v) is 12.5. The van der Waals surface area contributed by atoms with Gasteiger partial charge in [-0.3, -0.25) is 4.90 Å². The van der Waals surface area contributed by atoms with E-state index in [0.717, 1.165) is 29.4 Å². The fourth-order valence-corrected chi connectivity index (χ4v) is 3.63. The standard InChI is InChI=1S/C15H20N2O2S/c1-11-4-2-6-17(13(11)10-18)9-12-8-14(19-16-12)15-5-3-7-20-15/h3,5,7-8,11,13,18H,2,4,6,9-10H2,1H3. The molecule has 1 saturated heterocycles. The lowest BCUT2D eigenvalue weighted by Gasteiger charge is -2.38. The molecule has 1 N–H and O–H groups in total. The molecular formula is C15H20N2O2S. The minimum absolute atomic E-state index is 0.219. The van der Waals surface area contributed by atoms with E-state index in [1.54, 1.807) is 11.3 Å². The highest BCUT2D eigenvalue weighted by molar-refractivity contribution is 7.13. The molecule has 0 amide bonds. The maximum Gasteiger partial charge on any atom is 0.177 e. The Balaban J connectivity index is 1.71. The minimum Gasteiger partial charge on any atom is -0.395 e. The van der Waals surface area contributed by atoms with Gasteiger partial charge in [0.15, 0.2) is 5.76 Å². The van der Waals surface area contributed by atoms with Crippen molar-refractivity contribution in [2.24, 2.45) is 5.92 Å². The zero-order chi connectivity index (χ0) is 13.9. The molecular weight excluding hydrogens is 272 g/mol. The van der Waals surface area contributed by atoms with Crippen LogP contribution in [-0.2, 0) is 6.54 Å². The number of likely N-dealkylation sites (tertiary alicyclic amines) is 1. The van der Waals surface area contributed by atoms with Gasteiger partial charge < -0.3 is 9.63 Å². The van der Waals surface area contributed by atoms with E-state index in [4.69, 9.17) is 4.52 Å². The van der Waals surface area contributed by atoms with Crippen LogP contribution in [0.1, 0.15) is 25.5 Å². The Kier molecular flexibility index (Phi) is 4.19. The van der Waals surface area contributed by atoms with Crippen LogP contribution in [0.2, 0.25) is 0 Å². The van der Waals surface area contributed by atoms with E-state index in [1.165, 1.54) is 12.8 Å². The number of rotatable bonds is 4. The van der Waals surface area contributed by atoms with Gasteiger partial charge in [0.1, 0.15) is 0 Å². The predicted octanol–water partition coefficient (Wildman–Crippen LogP) is 3.00. The number of aliphatic hydroxyl groups excluding tert-OH is 1. The molecule has 108 valence electrons. The summed E-state index contributed by atoms with van der Waals surface area (Å²) in [5.41, 5.74) is 0.945. The highest BCUT2D eigenvalue weighted by atomic mass is 32.1. The van der Waals surface area contributed by atoms with Crippen LogP contribution in [0.15, 0.2) is 28.1 Å². The summed E-state index contributed by atoms with van der Waals surface area (Å²) < 4.78 is 5.42. The SMILES string of the molecule is CC1CCCN(Cc2cc(-c3cccs3)on2)C1CO. The Morgan fingerprint density at radius 2 is 2.45 bits per heavy atom. The molecule has 0 spiro atoms. The first-order chi connectivity index (χ1) is 9.78. The number of hydrogen-bond acceptors (Lipinski definition) is 5. The molecule has 20 heavy (non-hydrogen) atoms. The molecule has 2 unspecified atom stereocenters. The Hall–Kier alpha value is -1.17. The summed E-state index contributed by atoms with van der Waals surface area (Å²) in [6, 6.07) is 6.30. The van der Waals surface area contributed by atoms with Gasteiger partial charge in [-0.25, -0.2) is 0 Å². The smallest absolute Gasteiger partial charge is 0.177 e. The molecule has 0 aliphatic carbocycles. The number of thiophene rings is 1. The van der Waals surface area contributed by atoms with Crippen molar-refractivity contribution >= 4 is 11.3 Å². The average molecular weight is 292 g/mol. The molecule has 0 saturated carbocycles. The maximum atomic E-state index is 9.58. The van der Waals surface area contributed by atoms with Gasteiger partial charge in [0.2, 0.25) is 0 Å². The molecule has 1 aliphatic heterocycles. The Bertz CT molecular complexity index is 538. The third kappa shape index (κ3) is 2.80. The first-order valence-electron chi connectivity index (χ1n) is 7.12. The summed E-state index contributed by atoms with van der Waals surface area (Å²) in [6.07, 6.45) is 2.38. The molecule has 0 aromatic carbocycles. The molecule has 1 aliphatic rings. The number of nitrogens with zero attached hydrogens (tertiary/aromatic N) is 2. The third-order valence-electron chi connectivity index (χ3n) is 4.11. The van der Waals surface area contributed by atoms with Crippen molar-refractivity contribution in [2.45, 2.75) is 32.4 Å². The quantitative estimate of drug-likeness (QED) is 0.941. The molecule has 3 heterocycles. The summed E-state index contributed by atoms with van der Waals surface area (Å²) >= 11 is 1.65. The Labute approximate surface area is 123 Å². The maximum absolute atomic E-state index is 9.58. The molecule has 5 heteroatoms. The zero-order valence-electron chi connectivity index (χ0n) is 11.7. The third-order valence-corrected chi connectivity index (χ3v) is 4.99. The lowest BCUT2D eigenvalue weighted by Crippen LogP contribution is -2.46. The van der Waals surface area contributed by atoms with Gasteiger partial charge in [-0.1, -0.05) is 18.1 Å². The van der Waals surface area contributed by atoms with Crippen LogP contribution >= 0.6 is 11.3 Å². The molecule has 0 radical (unpaired) electrons. The van der Waals surface area contributed by atoms with E-state index in [0.29, 0.717) is 5.92 Å². The van der Waals surface area contributed by atoms with Crippen molar-refractivity contribution in [3.63, 3.8) is 0 Å². The Morgan fingerprint density at radius 1 is 1.55 bits per heavy atom. The summed E-state index contributed by atoms with van der Waals surface area (Å²) in [5, 5.41) is 15.8. The number of aromatic nitrogens is 1. The molecule has 4 nitrogen and oxygen atoms in total. The van der Waals surface area contributed by atoms with Crippen LogP contribution in [0.5, 0.6) is 0 Å². The second-order valence-corrected chi connectivity index (χ2v) is 6.45. The van der Waals surface area contributed by atoms with Crippen molar-refractivity contribution < 1.29 is 9.63 Å². The summed E-state index contributed by atoms with van der Waals surface area (Å²) in [7, 11) is 0. The van der Waals surface area contributed by atoms with Gasteiger partial charge >= 0.3 is 0 Å². The molecule has 0 bridgehead atoms. The fourth-order valence-electron chi connectivity index (χ4n) is 2.96. The van der Waals surface area contributed by atoms with Crippen LogP contribution in [0.4, 0.5) is 0 Å². The Morgan fingerprint density at radius 3 is 3.20 bits per heavy atom. The predicted molar refractivity (Wildman–Crippen MR) is 79.5 cm³/mol. The van der Waals surface area contributed by atoms with Crippen LogP contribution in [0, 0.1) is 5.92 Å². The lowest BCUT2D eigenvalue weighted by atomic mass is 9.91. The summed E-state index contributed by atoms with van der Waals surface area (Å²) in [4.78, 5) is 3.43. The average Bonchev–Trinajstić information content (AvgIpc) is 3.09. The van der Waals surface area contributed by atoms with Crippen molar-refractivity contribution in [1.82, 2.24) is 10.1 Å². The van der Waals surface area contributed by atoms with Crippen molar-refractivity contribution in [3.05, 3.63) is 29.3 Å². The van der Waals surface area contributed by atoms with Crippen molar-refractivity contribution in [1.29, 1.82) is 0 Å². The second-order valence-electron chi connectivity index (χ2n) is 5.50. The van der Waals surface area contributed by atoms with E-state index in [9.17, 15) is 5.11 Å². The molecule has 1 fully saturated rings. The molecule has 2 aromatic heterocycles. The largest absolute Gasteiger partial charge is 0.395 e. The van der Waals surface area contributed by atoms with E-state index in [1.807, 2.05) is 23.6 Å². The number of hydrogen-bond donors (Lipinski definition) is 1. The molecule has 2 atom stereocenters.